The summed E-state index contributed by atoms with van der Waals surface area (Å²) in [4.78, 5) is 17.2. The van der Waals surface area contributed by atoms with Crippen LogP contribution in [0.15, 0.2) is 71.9 Å². The molecule has 0 spiro atoms. The van der Waals surface area contributed by atoms with E-state index in [0.717, 1.165) is 74.5 Å². The van der Waals surface area contributed by atoms with Gasteiger partial charge in [0, 0.05) is 41.6 Å². The van der Waals surface area contributed by atoms with Crippen molar-refractivity contribution >= 4 is 22.1 Å². The molecule has 0 aliphatic carbocycles. The van der Waals surface area contributed by atoms with Gasteiger partial charge in [0.15, 0.2) is 0 Å². The van der Waals surface area contributed by atoms with Gasteiger partial charge in [-0.2, -0.15) is 5.10 Å². The van der Waals surface area contributed by atoms with Gasteiger partial charge in [-0.25, -0.2) is 9.97 Å². The van der Waals surface area contributed by atoms with E-state index in [-0.39, 0.29) is 0 Å². The first-order valence-corrected chi connectivity index (χ1v) is 10.8. The van der Waals surface area contributed by atoms with E-state index in [1.807, 2.05) is 36.7 Å². The number of nitrogens with zero attached hydrogens (tertiary/aromatic N) is 4. The Morgan fingerprint density at radius 2 is 2.03 bits per heavy atom. The van der Waals surface area contributed by atoms with E-state index in [9.17, 15) is 0 Å². The van der Waals surface area contributed by atoms with E-state index in [2.05, 4.69) is 49.5 Å². The molecule has 6 heterocycles. The number of hydrogen-bond acceptors (Lipinski definition) is 6. The normalized spacial score (nSPS) is 11.5. The molecule has 6 aromatic rings. The number of fused-ring (bicyclic) bond motifs is 2. The smallest absolute Gasteiger partial charge is 0.138 e. The lowest BCUT2D eigenvalue weighted by Crippen LogP contribution is -2.11. The third-order valence-electron chi connectivity index (χ3n) is 5.70. The van der Waals surface area contributed by atoms with Crippen LogP contribution in [0.3, 0.4) is 0 Å². The molecule has 8 nitrogen and oxygen atoms in total. The van der Waals surface area contributed by atoms with Crippen LogP contribution in [0.2, 0.25) is 0 Å². The molecular weight excluding hydrogens is 414 g/mol. The summed E-state index contributed by atoms with van der Waals surface area (Å²) in [5.74, 6) is 0. The number of H-pyrrole nitrogens is 2. The van der Waals surface area contributed by atoms with Gasteiger partial charge < -0.3 is 14.7 Å². The molecule has 33 heavy (non-hydrogen) atoms. The van der Waals surface area contributed by atoms with E-state index < -0.39 is 0 Å². The van der Waals surface area contributed by atoms with E-state index in [0.29, 0.717) is 0 Å². The van der Waals surface area contributed by atoms with Crippen molar-refractivity contribution in [2.45, 2.75) is 13.5 Å². The molecule has 0 bridgehead atoms. The fraction of sp³-hybridized carbons (Fsp3) is 0.120. The molecule has 0 aliphatic heterocycles. The highest BCUT2D eigenvalue weighted by Gasteiger charge is 2.16. The average molecular weight is 435 g/mol. The van der Waals surface area contributed by atoms with Gasteiger partial charge in [0.1, 0.15) is 16.9 Å². The molecule has 162 valence electrons. The zero-order valence-corrected chi connectivity index (χ0v) is 18.0. The largest absolute Gasteiger partial charge is 0.472 e. The predicted molar refractivity (Wildman–Crippen MR) is 127 cm³/mol. The quantitative estimate of drug-likeness (QED) is 0.342. The molecule has 0 radical (unpaired) electrons. The molecule has 0 saturated carbocycles. The third-order valence-corrected chi connectivity index (χ3v) is 5.70. The van der Waals surface area contributed by atoms with E-state index in [4.69, 9.17) is 9.40 Å². The van der Waals surface area contributed by atoms with Crippen molar-refractivity contribution < 1.29 is 4.42 Å². The minimum atomic E-state index is 0.750. The van der Waals surface area contributed by atoms with Gasteiger partial charge in [-0.3, -0.25) is 10.1 Å². The summed E-state index contributed by atoms with van der Waals surface area (Å²) in [5.41, 5.74) is 9.05. The second-order valence-electron chi connectivity index (χ2n) is 7.84. The number of pyridine rings is 3. The lowest BCUT2D eigenvalue weighted by molar-refractivity contribution is 0.568. The Balaban J connectivity index is 1.44. The van der Waals surface area contributed by atoms with Crippen molar-refractivity contribution in [2.75, 3.05) is 6.54 Å². The van der Waals surface area contributed by atoms with E-state index >= 15 is 0 Å². The molecule has 0 aliphatic rings. The summed E-state index contributed by atoms with van der Waals surface area (Å²) in [5, 5.41) is 12.0. The number of hydrogen-bond donors (Lipinski definition) is 3. The molecule has 0 saturated heterocycles. The second-order valence-corrected chi connectivity index (χ2v) is 7.84. The fourth-order valence-corrected chi connectivity index (χ4v) is 4.07. The van der Waals surface area contributed by atoms with Crippen molar-refractivity contribution in [3.8, 4) is 33.8 Å². The average Bonchev–Trinajstić information content (AvgIpc) is 3.61. The Morgan fingerprint density at radius 1 is 1.06 bits per heavy atom. The molecule has 8 heteroatoms. The van der Waals surface area contributed by atoms with Crippen LogP contribution in [0.5, 0.6) is 0 Å². The first-order chi connectivity index (χ1) is 16.3. The van der Waals surface area contributed by atoms with Crippen LogP contribution in [-0.4, -0.2) is 36.7 Å². The number of aromatic amines is 2. The number of nitrogens with one attached hydrogen (secondary N) is 3. The standard InChI is InChI=1S/C25H21N7O/c1-2-26-11-15-9-17(13-27-12-15)20-3-4-21-23(29-20)24(32-31-21)22-10-19-18(16-6-8-33-14-16)5-7-28-25(19)30-22/h3-10,12-14,26H,2,11H2,1H3,(H,28,30)(H,31,32). The Morgan fingerprint density at radius 3 is 2.91 bits per heavy atom. The Bertz CT molecular complexity index is 1560. The molecule has 6 rings (SSSR count). The molecule has 0 amide bonds. The summed E-state index contributed by atoms with van der Waals surface area (Å²) < 4.78 is 5.27. The topological polar surface area (TPSA) is 108 Å². The highest BCUT2D eigenvalue weighted by Crippen LogP contribution is 2.33. The lowest BCUT2D eigenvalue weighted by atomic mass is 10.1. The Hall–Kier alpha value is -4.30. The van der Waals surface area contributed by atoms with Crippen LogP contribution in [0.25, 0.3) is 55.8 Å². The van der Waals surface area contributed by atoms with Gasteiger partial charge in [-0.15, -0.1) is 0 Å². The van der Waals surface area contributed by atoms with Gasteiger partial charge >= 0.3 is 0 Å². The summed E-state index contributed by atoms with van der Waals surface area (Å²) in [6.07, 6.45) is 8.91. The Labute approximate surface area is 189 Å². The predicted octanol–water partition coefficient (Wildman–Crippen LogP) is 4.93. The summed E-state index contributed by atoms with van der Waals surface area (Å²) in [6, 6.07) is 12.1. The minimum absolute atomic E-state index is 0.750. The monoisotopic (exact) mass is 435 g/mol. The van der Waals surface area contributed by atoms with Gasteiger partial charge in [-0.05, 0) is 54.1 Å². The number of aromatic nitrogens is 6. The van der Waals surface area contributed by atoms with Crippen molar-refractivity contribution in [1.82, 2.24) is 35.5 Å². The lowest BCUT2D eigenvalue weighted by Gasteiger charge is -2.05. The number of rotatable bonds is 6. The van der Waals surface area contributed by atoms with Gasteiger partial charge in [0.2, 0.25) is 0 Å². The molecule has 0 unspecified atom stereocenters. The van der Waals surface area contributed by atoms with Crippen LogP contribution >= 0.6 is 0 Å². The molecular formula is C25H21N7O. The van der Waals surface area contributed by atoms with Gasteiger partial charge in [0.25, 0.3) is 0 Å². The molecule has 0 fully saturated rings. The first kappa shape index (κ1) is 19.4. The van der Waals surface area contributed by atoms with E-state index in [1.54, 1.807) is 18.7 Å². The maximum absolute atomic E-state index is 5.27. The molecule has 0 atom stereocenters. The van der Waals surface area contributed by atoms with Crippen molar-refractivity contribution in [3.05, 3.63) is 73.1 Å². The number of furan rings is 1. The van der Waals surface area contributed by atoms with Crippen LogP contribution in [0.4, 0.5) is 0 Å². The highest BCUT2D eigenvalue weighted by atomic mass is 16.3. The van der Waals surface area contributed by atoms with Crippen molar-refractivity contribution in [2.24, 2.45) is 0 Å². The van der Waals surface area contributed by atoms with Crippen LogP contribution in [0, 0.1) is 0 Å². The van der Waals surface area contributed by atoms with Crippen molar-refractivity contribution in [1.29, 1.82) is 0 Å². The maximum atomic E-state index is 5.27. The summed E-state index contributed by atoms with van der Waals surface area (Å²) >= 11 is 0. The van der Waals surface area contributed by atoms with Crippen molar-refractivity contribution in [3.63, 3.8) is 0 Å². The first-order valence-electron chi connectivity index (χ1n) is 10.8. The van der Waals surface area contributed by atoms with E-state index in [1.165, 1.54) is 0 Å². The molecule has 6 aromatic heterocycles. The molecule has 0 aromatic carbocycles. The van der Waals surface area contributed by atoms with Crippen LogP contribution in [-0.2, 0) is 6.54 Å². The zero-order valence-electron chi connectivity index (χ0n) is 18.0. The summed E-state index contributed by atoms with van der Waals surface area (Å²) in [7, 11) is 0. The third kappa shape index (κ3) is 3.46. The fourth-order valence-electron chi connectivity index (χ4n) is 4.07. The zero-order chi connectivity index (χ0) is 22.2. The summed E-state index contributed by atoms with van der Waals surface area (Å²) in [6.45, 7) is 3.77. The van der Waals surface area contributed by atoms with Gasteiger partial charge in [0.05, 0.1) is 29.4 Å². The SMILES string of the molecule is CCNCc1cncc(-c2ccc3[nH]nc(-c4cc5c(-c6ccoc6)ccnc5[nH]4)c3n2)c1. The van der Waals surface area contributed by atoms with Gasteiger partial charge in [-0.1, -0.05) is 6.92 Å². The maximum Gasteiger partial charge on any atom is 0.138 e. The Kier molecular flexibility index (Phi) is 4.70. The van der Waals surface area contributed by atoms with Crippen LogP contribution in [0.1, 0.15) is 12.5 Å². The van der Waals surface area contributed by atoms with Crippen LogP contribution < -0.4 is 5.32 Å². The second kappa shape index (κ2) is 7.99. The minimum Gasteiger partial charge on any atom is -0.472 e. The molecule has 3 N–H and O–H groups in total. The highest BCUT2D eigenvalue weighted by molar-refractivity contribution is 5.98.